The van der Waals surface area contributed by atoms with Crippen molar-refractivity contribution in [1.29, 1.82) is 0 Å². The van der Waals surface area contributed by atoms with Gasteiger partial charge in [-0.05, 0) is 36.6 Å². The highest BCUT2D eigenvalue weighted by Gasteiger charge is 2.21. The zero-order valence-corrected chi connectivity index (χ0v) is 13.0. The molecular formula is C19H20N2O2. The quantitative estimate of drug-likeness (QED) is 0.920. The Morgan fingerprint density at radius 2 is 1.91 bits per heavy atom. The van der Waals surface area contributed by atoms with Gasteiger partial charge in [-0.15, -0.1) is 0 Å². The number of anilines is 2. The Kier molecular flexibility index (Phi) is 4.71. The van der Waals surface area contributed by atoms with Crippen molar-refractivity contribution >= 4 is 23.2 Å². The molecule has 118 valence electrons. The minimum absolute atomic E-state index is 0.0150. The van der Waals surface area contributed by atoms with E-state index in [9.17, 15) is 9.59 Å². The van der Waals surface area contributed by atoms with Gasteiger partial charge in [-0.1, -0.05) is 36.4 Å². The van der Waals surface area contributed by atoms with Gasteiger partial charge in [-0.2, -0.15) is 0 Å². The third-order valence-electron chi connectivity index (χ3n) is 4.00. The van der Waals surface area contributed by atoms with Crippen LogP contribution in [0.15, 0.2) is 54.6 Å². The predicted octanol–water partition coefficient (Wildman–Crippen LogP) is 3.38. The molecule has 23 heavy (non-hydrogen) atoms. The molecule has 2 aromatic carbocycles. The van der Waals surface area contributed by atoms with Gasteiger partial charge in [0.25, 0.3) is 0 Å². The molecule has 0 unspecified atom stereocenters. The van der Waals surface area contributed by atoms with Gasteiger partial charge in [0.2, 0.25) is 11.8 Å². The molecule has 0 saturated carbocycles. The molecule has 4 nitrogen and oxygen atoms in total. The van der Waals surface area contributed by atoms with Crippen LogP contribution in [-0.4, -0.2) is 18.4 Å². The number of benzene rings is 2. The summed E-state index contributed by atoms with van der Waals surface area (Å²) in [6, 6.07) is 17.5. The summed E-state index contributed by atoms with van der Waals surface area (Å²) in [6.45, 7) is 0.754. The van der Waals surface area contributed by atoms with E-state index in [0.717, 1.165) is 36.3 Å². The van der Waals surface area contributed by atoms with Gasteiger partial charge in [0, 0.05) is 30.8 Å². The predicted molar refractivity (Wildman–Crippen MR) is 91.4 cm³/mol. The summed E-state index contributed by atoms with van der Waals surface area (Å²) in [4.78, 5) is 25.7. The van der Waals surface area contributed by atoms with E-state index in [-0.39, 0.29) is 11.8 Å². The number of hydrogen-bond acceptors (Lipinski definition) is 2. The maximum absolute atomic E-state index is 12.1. The number of aryl methyl sites for hydroxylation is 1. The van der Waals surface area contributed by atoms with Crippen molar-refractivity contribution in [3.63, 3.8) is 0 Å². The summed E-state index contributed by atoms with van der Waals surface area (Å²) in [5.41, 5.74) is 2.74. The second-order valence-electron chi connectivity index (χ2n) is 5.73. The highest BCUT2D eigenvalue weighted by molar-refractivity contribution is 5.97. The smallest absolute Gasteiger partial charge is 0.227 e. The third kappa shape index (κ3) is 3.97. The Bertz CT molecular complexity index is 698. The molecule has 1 heterocycles. The molecule has 1 N–H and O–H groups in total. The topological polar surface area (TPSA) is 49.4 Å². The summed E-state index contributed by atoms with van der Waals surface area (Å²) in [6.07, 6.45) is 2.66. The zero-order chi connectivity index (χ0) is 16.1. The number of hydrogen-bond donors (Lipinski definition) is 1. The summed E-state index contributed by atoms with van der Waals surface area (Å²) >= 11 is 0. The Balaban J connectivity index is 1.59. The minimum Gasteiger partial charge on any atom is -0.326 e. The van der Waals surface area contributed by atoms with Crippen molar-refractivity contribution in [3.8, 4) is 0 Å². The molecule has 1 saturated heterocycles. The van der Waals surface area contributed by atoms with Gasteiger partial charge in [-0.3, -0.25) is 9.59 Å². The van der Waals surface area contributed by atoms with E-state index in [1.165, 1.54) is 0 Å². The molecule has 0 aromatic heterocycles. The Morgan fingerprint density at radius 3 is 2.65 bits per heavy atom. The third-order valence-corrected chi connectivity index (χ3v) is 4.00. The number of nitrogens with zero attached hydrogens (tertiary/aromatic N) is 1. The van der Waals surface area contributed by atoms with E-state index < -0.39 is 0 Å². The van der Waals surface area contributed by atoms with Crippen molar-refractivity contribution in [3.05, 3.63) is 60.2 Å². The highest BCUT2D eigenvalue weighted by Crippen LogP contribution is 2.24. The molecule has 1 aliphatic heterocycles. The summed E-state index contributed by atoms with van der Waals surface area (Å²) in [7, 11) is 0. The number of amides is 2. The van der Waals surface area contributed by atoms with E-state index in [1.54, 1.807) is 4.90 Å². The van der Waals surface area contributed by atoms with E-state index in [1.807, 2.05) is 54.6 Å². The summed E-state index contributed by atoms with van der Waals surface area (Å²) < 4.78 is 0. The lowest BCUT2D eigenvalue weighted by molar-refractivity contribution is -0.117. The van der Waals surface area contributed by atoms with Crippen LogP contribution in [0, 0.1) is 0 Å². The molecule has 4 heteroatoms. The molecule has 2 amide bonds. The van der Waals surface area contributed by atoms with E-state index >= 15 is 0 Å². The van der Waals surface area contributed by atoms with Gasteiger partial charge >= 0.3 is 0 Å². The number of rotatable bonds is 5. The van der Waals surface area contributed by atoms with E-state index in [4.69, 9.17) is 0 Å². The first kappa shape index (κ1) is 15.3. The van der Waals surface area contributed by atoms with E-state index in [0.29, 0.717) is 12.8 Å². The number of carbonyl (C=O) groups is 2. The lowest BCUT2D eigenvalue weighted by Gasteiger charge is -2.16. The Morgan fingerprint density at radius 1 is 1.09 bits per heavy atom. The average Bonchev–Trinajstić information content (AvgIpc) is 3.00. The molecule has 1 fully saturated rings. The molecule has 3 rings (SSSR count). The van der Waals surface area contributed by atoms with Gasteiger partial charge in [-0.25, -0.2) is 0 Å². The zero-order valence-electron chi connectivity index (χ0n) is 13.0. The van der Waals surface area contributed by atoms with Gasteiger partial charge in [0.05, 0.1) is 0 Å². The summed E-state index contributed by atoms with van der Waals surface area (Å²) in [5, 5.41) is 2.91. The molecule has 2 aromatic rings. The largest absolute Gasteiger partial charge is 0.326 e. The second-order valence-corrected chi connectivity index (χ2v) is 5.73. The first-order chi connectivity index (χ1) is 11.2. The van der Waals surface area contributed by atoms with Gasteiger partial charge in [0.1, 0.15) is 0 Å². The lowest BCUT2D eigenvalue weighted by Crippen LogP contribution is -2.23. The van der Waals surface area contributed by atoms with Crippen LogP contribution in [0.25, 0.3) is 0 Å². The van der Waals surface area contributed by atoms with Gasteiger partial charge in [0.15, 0.2) is 0 Å². The normalized spacial score (nSPS) is 14.1. The van der Waals surface area contributed by atoms with Crippen molar-refractivity contribution in [2.45, 2.75) is 25.7 Å². The number of carbonyl (C=O) groups excluding carboxylic acids is 2. The van der Waals surface area contributed by atoms with Crippen LogP contribution in [0.5, 0.6) is 0 Å². The molecule has 1 aliphatic rings. The SMILES string of the molecule is O=C(CCc1ccccc1)Nc1cccc(N2CCCC2=O)c1. The first-order valence-corrected chi connectivity index (χ1v) is 7.96. The van der Waals surface area contributed by atoms with Crippen molar-refractivity contribution in [1.82, 2.24) is 0 Å². The Hall–Kier alpha value is -2.62. The van der Waals surface area contributed by atoms with Crippen LogP contribution in [-0.2, 0) is 16.0 Å². The van der Waals surface area contributed by atoms with Crippen molar-refractivity contribution < 1.29 is 9.59 Å². The fourth-order valence-corrected chi connectivity index (χ4v) is 2.80. The minimum atomic E-state index is -0.0150. The van der Waals surface area contributed by atoms with Crippen LogP contribution in [0.3, 0.4) is 0 Å². The average molecular weight is 308 g/mol. The van der Waals surface area contributed by atoms with Crippen molar-refractivity contribution in [2.24, 2.45) is 0 Å². The van der Waals surface area contributed by atoms with Crippen LogP contribution in [0.2, 0.25) is 0 Å². The molecule has 0 radical (unpaired) electrons. The van der Waals surface area contributed by atoms with Crippen LogP contribution in [0.4, 0.5) is 11.4 Å². The molecule has 0 bridgehead atoms. The fraction of sp³-hybridized carbons (Fsp3) is 0.263. The van der Waals surface area contributed by atoms with Crippen LogP contribution < -0.4 is 10.2 Å². The monoisotopic (exact) mass is 308 g/mol. The van der Waals surface area contributed by atoms with Crippen molar-refractivity contribution in [2.75, 3.05) is 16.8 Å². The van der Waals surface area contributed by atoms with Gasteiger partial charge < -0.3 is 10.2 Å². The highest BCUT2D eigenvalue weighted by atomic mass is 16.2. The maximum Gasteiger partial charge on any atom is 0.227 e. The first-order valence-electron chi connectivity index (χ1n) is 7.96. The second kappa shape index (κ2) is 7.09. The standard InChI is InChI=1S/C19H20N2O2/c22-18(12-11-15-6-2-1-3-7-15)20-16-8-4-9-17(14-16)21-13-5-10-19(21)23/h1-4,6-9,14H,5,10-13H2,(H,20,22). The van der Waals surface area contributed by atoms with Crippen LogP contribution >= 0.6 is 0 Å². The van der Waals surface area contributed by atoms with E-state index in [2.05, 4.69) is 5.32 Å². The molecule has 0 aliphatic carbocycles. The lowest BCUT2D eigenvalue weighted by atomic mass is 10.1. The number of nitrogens with one attached hydrogen (secondary N) is 1. The molecule has 0 spiro atoms. The van der Waals surface area contributed by atoms with Crippen LogP contribution in [0.1, 0.15) is 24.8 Å². The summed E-state index contributed by atoms with van der Waals surface area (Å²) in [5.74, 6) is 0.135. The fourth-order valence-electron chi connectivity index (χ4n) is 2.80. The maximum atomic E-state index is 12.1. The molecular weight excluding hydrogens is 288 g/mol. The Labute approximate surface area is 136 Å². The molecule has 0 atom stereocenters.